The van der Waals surface area contributed by atoms with Crippen LogP contribution in [0.4, 0.5) is 0 Å². The molecule has 0 radical (unpaired) electrons. The third-order valence-corrected chi connectivity index (χ3v) is 11.6. The average Bonchev–Trinajstić information content (AvgIpc) is 3.28. The van der Waals surface area contributed by atoms with Crippen LogP contribution in [0.5, 0.6) is 0 Å². The van der Waals surface area contributed by atoms with Gasteiger partial charge in [-0.25, -0.2) is 0 Å². The van der Waals surface area contributed by atoms with Crippen LogP contribution < -0.4 is 21.3 Å². The molecule has 68 heavy (non-hydrogen) atoms. The lowest BCUT2D eigenvalue weighted by Gasteiger charge is -2.37. The Bertz CT molecular complexity index is 1870. The molecule has 4 N–H and O–H groups in total. The third kappa shape index (κ3) is 18.7. The second kappa shape index (κ2) is 27.5. The second-order valence-electron chi connectivity index (χ2n) is 18.5. The van der Waals surface area contributed by atoms with E-state index >= 15 is 0 Å². The minimum absolute atomic E-state index is 0.121. The van der Waals surface area contributed by atoms with Gasteiger partial charge in [0.2, 0.25) is 70.9 Å². The fourth-order valence-electron chi connectivity index (χ4n) is 7.28. The Kier molecular flexibility index (Phi) is 23.3. The van der Waals surface area contributed by atoms with E-state index in [-0.39, 0.29) is 24.7 Å². The number of piperidine rings is 1. The second-order valence-corrected chi connectivity index (χ2v) is 18.5. The maximum Gasteiger partial charge on any atom is 0.245 e. The molecule has 3 unspecified atom stereocenters. The fraction of sp³-hybridized carbons (Fsp3) is 0.727. The van der Waals surface area contributed by atoms with Gasteiger partial charge in [-0.05, 0) is 43.9 Å². The van der Waals surface area contributed by atoms with Crippen molar-refractivity contribution in [2.45, 2.75) is 84.3 Å². The molecule has 24 nitrogen and oxygen atoms in total. The first-order valence-electron chi connectivity index (χ1n) is 22.8. The molecule has 2 aliphatic rings. The number of nitrogens with zero attached hydrogens (tertiary/aromatic N) is 8. The number of nitrogens with one attached hydrogen (secondary N) is 4. The smallest absolute Gasteiger partial charge is 0.245 e. The van der Waals surface area contributed by atoms with Crippen LogP contribution in [-0.4, -0.2) is 243 Å². The first-order chi connectivity index (χ1) is 31.7. The summed E-state index contributed by atoms with van der Waals surface area (Å²) in [6.07, 6.45) is 2.10. The molecule has 0 spiro atoms. The first kappa shape index (κ1) is 57.8. The minimum Gasteiger partial charge on any atom is -0.345 e. The Morgan fingerprint density at radius 1 is 0.500 bits per heavy atom. The summed E-state index contributed by atoms with van der Waals surface area (Å²) < 4.78 is 0. The molecular formula is C44H74N12O12. The van der Waals surface area contributed by atoms with Crippen molar-refractivity contribution in [3.05, 3.63) is 0 Å². The molecule has 2 heterocycles. The Labute approximate surface area is 399 Å². The molecule has 2 rings (SSSR count). The number of hydrogen-bond acceptors (Lipinski definition) is 12. The lowest BCUT2D eigenvalue weighted by Crippen LogP contribution is -2.58. The first-order valence-corrected chi connectivity index (χ1v) is 22.8. The predicted octanol–water partition coefficient (Wildman–Crippen LogP) is -3.73. The van der Waals surface area contributed by atoms with Crippen LogP contribution in [0.2, 0.25) is 0 Å². The molecule has 2 aliphatic heterocycles. The number of carbonyl (C=O) groups excluding carboxylic acids is 12. The number of likely N-dealkylation sites (N-methyl/N-ethyl adjacent to an activating group) is 7. The minimum atomic E-state index is -1.34. The standard InChI is InChI=1S/C44H74N12O12/c1-28(2)17-30-43(67)55(11)32(44(68)56-15-13-12-14-16-56)19-36(60)54(10)31(18-29(3)4)42(66)47-22-38(62)51(7)25-40(64)53(9)27-41(65)52(8)26-39(63)50(6)23-34(58)45-20-33(57)46-21-37(61)49(5)24-35(59)48-30/h28-32H,12-27H2,1-11H3,(H,45,58)(H,46,57)(H,47,66)(H,48,59). The normalized spacial score (nSPS) is 23.0. The molecule has 24 heteroatoms. The number of hydrogen-bond donors (Lipinski definition) is 4. The molecular weight excluding hydrogens is 889 g/mol. The molecule has 12 amide bonds. The third-order valence-electron chi connectivity index (χ3n) is 11.6. The molecule has 3 atom stereocenters. The zero-order chi connectivity index (χ0) is 51.6. The van der Waals surface area contributed by atoms with Gasteiger partial charge in [0, 0.05) is 62.4 Å². The van der Waals surface area contributed by atoms with E-state index in [1.165, 1.54) is 54.2 Å². The van der Waals surface area contributed by atoms with Gasteiger partial charge in [-0.3, -0.25) is 57.5 Å². The zero-order valence-electron chi connectivity index (χ0n) is 41.7. The van der Waals surface area contributed by atoms with Gasteiger partial charge < -0.3 is 60.5 Å². The quantitative estimate of drug-likeness (QED) is 0.207. The molecule has 2 saturated heterocycles. The van der Waals surface area contributed by atoms with E-state index in [1.807, 2.05) is 27.7 Å². The van der Waals surface area contributed by atoms with Crippen LogP contribution in [-0.2, 0) is 57.5 Å². The van der Waals surface area contributed by atoms with Crippen molar-refractivity contribution in [2.24, 2.45) is 11.8 Å². The van der Waals surface area contributed by atoms with Crippen molar-refractivity contribution in [2.75, 3.05) is 115 Å². The van der Waals surface area contributed by atoms with E-state index in [2.05, 4.69) is 21.3 Å². The van der Waals surface area contributed by atoms with E-state index in [9.17, 15) is 57.5 Å². The summed E-state index contributed by atoms with van der Waals surface area (Å²) in [5.41, 5.74) is 0. The largest absolute Gasteiger partial charge is 0.345 e. The predicted molar refractivity (Wildman–Crippen MR) is 246 cm³/mol. The topological polar surface area (TPSA) is 279 Å². The van der Waals surface area contributed by atoms with Crippen molar-refractivity contribution in [1.29, 1.82) is 0 Å². The Morgan fingerprint density at radius 2 is 0.941 bits per heavy atom. The van der Waals surface area contributed by atoms with E-state index in [0.29, 0.717) is 13.1 Å². The van der Waals surface area contributed by atoms with Crippen LogP contribution in [0.1, 0.15) is 66.2 Å². The van der Waals surface area contributed by atoms with E-state index in [0.717, 1.165) is 48.7 Å². The van der Waals surface area contributed by atoms with Gasteiger partial charge in [0.25, 0.3) is 0 Å². The molecule has 0 aromatic heterocycles. The Hall–Kier alpha value is -6.36. The van der Waals surface area contributed by atoms with Crippen LogP contribution in [0.3, 0.4) is 0 Å². The summed E-state index contributed by atoms with van der Waals surface area (Å²) in [6, 6.07) is -3.64. The molecule has 0 aromatic rings. The number of likely N-dealkylation sites (tertiary alicyclic amines) is 1. The summed E-state index contributed by atoms with van der Waals surface area (Å²) >= 11 is 0. The van der Waals surface area contributed by atoms with Gasteiger partial charge in [0.15, 0.2) is 0 Å². The van der Waals surface area contributed by atoms with E-state index in [1.54, 1.807) is 4.90 Å². The number of rotatable bonds is 5. The zero-order valence-corrected chi connectivity index (χ0v) is 41.7. The summed E-state index contributed by atoms with van der Waals surface area (Å²) in [7, 11) is 9.36. The van der Waals surface area contributed by atoms with Crippen LogP contribution in [0.25, 0.3) is 0 Å². The van der Waals surface area contributed by atoms with Gasteiger partial charge in [-0.15, -0.1) is 0 Å². The highest BCUT2D eigenvalue weighted by Gasteiger charge is 2.39. The Balaban J connectivity index is 2.47. The van der Waals surface area contributed by atoms with Gasteiger partial charge >= 0.3 is 0 Å². The van der Waals surface area contributed by atoms with Crippen LogP contribution in [0, 0.1) is 11.8 Å². The molecule has 0 aromatic carbocycles. The van der Waals surface area contributed by atoms with Crippen molar-refractivity contribution >= 4 is 70.9 Å². The summed E-state index contributed by atoms with van der Waals surface area (Å²) in [6.45, 7) is 4.08. The highest BCUT2D eigenvalue weighted by atomic mass is 16.2. The van der Waals surface area contributed by atoms with Crippen molar-refractivity contribution in [3.8, 4) is 0 Å². The Morgan fingerprint density at radius 3 is 1.46 bits per heavy atom. The lowest BCUT2D eigenvalue weighted by molar-refractivity contribution is -0.151. The number of amides is 12. The highest BCUT2D eigenvalue weighted by Crippen LogP contribution is 2.19. The highest BCUT2D eigenvalue weighted by molar-refractivity contribution is 5.97. The van der Waals surface area contributed by atoms with Crippen molar-refractivity contribution in [3.63, 3.8) is 0 Å². The van der Waals surface area contributed by atoms with Gasteiger partial charge in [-0.2, -0.15) is 0 Å². The molecule has 0 bridgehead atoms. The average molecular weight is 963 g/mol. The van der Waals surface area contributed by atoms with Gasteiger partial charge in [0.05, 0.1) is 58.8 Å². The maximum absolute atomic E-state index is 14.3. The fourth-order valence-corrected chi connectivity index (χ4v) is 7.28. The van der Waals surface area contributed by atoms with Gasteiger partial charge in [-0.1, -0.05) is 27.7 Å². The van der Waals surface area contributed by atoms with Crippen molar-refractivity contribution < 1.29 is 57.5 Å². The lowest BCUT2D eigenvalue weighted by atomic mass is 9.99. The maximum atomic E-state index is 14.3. The SMILES string of the molecule is CC(C)CC1NC(=O)CN(C)C(=O)CNC(=O)CNC(=O)CN(C)C(=O)CN(C)C(=O)CN(C)C(=O)CN(C)C(=O)CNC(=O)C(CC(C)C)N(C)C(=O)CC(C(=O)N2CCCCC2)N(C)C1=O. The number of carbonyl (C=O) groups is 12. The summed E-state index contributed by atoms with van der Waals surface area (Å²) in [4.78, 5) is 169. The molecule has 0 saturated carbocycles. The molecule has 0 aliphatic carbocycles. The van der Waals surface area contributed by atoms with Crippen LogP contribution >= 0.6 is 0 Å². The summed E-state index contributed by atoms with van der Waals surface area (Å²) in [5.74, 6) is -8.19. The monoisotopic (exact) mass is 963 g/mol. The molecule has 382 valence electrons. The van der Waals surface area contributed by atoms with Crippen LogP contribution in [0.15, 0.2) is 0 Å². The van der Waals surface area contributed by atoms with Gasteiger partial charge in [0.1, 0.15) is 18.1 Å². The van der Waals surface area contributed by atoms with E-state index < -0.39 is 148 Å². The summed E-state index contributed by atoms with van der Waals surface area (Å²) in [5, 5.41) is 9.90. The van der Waals surface area contributed by atoms with Crippen molar-refractivity contribution in [1.82, 2.24) is 60.5 Å². The molecule has 2 fully saturated rings. The van der Waals surface area contributed by atoms with E-state index in [4.69, 9.17) is 0 Å².